The Labute approximate surface area is 128 Å². The molecule has 1 amide bonds. The Morgan fingerprint density at radius 2 is 2.36 bits per heavy atom. The Morgan fingerprint density at radius 1 is 1.50 bits per heavy atom. The molecule has 2 fully saturated rings. The molecule has 0 spiro atoms. The number of aromatic amines is 1. The fourth-order valence-electron chi connectivity index (χ4n) is 3.99. The van der Waals surface area contributed by atoms with Crippen LogP contribution in [0.1, 0.15) is 47.3 Å². The molecule has 0 unspecified atom stereocenters. The van der Waals surface area contributed by atoms with E-state index in [-0.39, 0.29) is 11.3 Å². The Kier molecular flexibility index (Phi) is 2.85. The van der Waals surface area contributed by atoms with Crippen molar-refractivity contribution in [3.63, 3.8) is 0 Å². The number of hydrogen-bond acceptors (Lipinski definition) is 5. The zero-order valence-corrected chi connectivity index (χ0v) is 12.8. The second-order valence-electron chi connectivity index (χ2n) is 6.46. The lowest BCUT2D eigenvalue weighted by Crippen LogP contribution is -2.35. The van der Waals surface area contributed by atoms with Crippen LogP contribution < -0.4 is 0 Å². The number of rotatable bonds is 2. The maximum Gasteiger partial charge on any atom is 0.271 e. The molecule has 0 radical (unpaired) electrons. The largest absolute Gasteiger partial charge is 0.339 e. The number of amides is 1. The lowest BCUT2D eigenvalue weighted by Gasteiger charge is -2.23. The Hall–Kier alpha value is -2.18. The zero-order valence-electron chi connectivity index (χ0n) is 12.8. The maximum absolute atomic E-state index is 12.7. The number of carbonyl (C=O) groups excluding carboxylic acids is 1. The van der Waals surface area contributed by atoms with Crippen LogP contribution in [0.4, 0.5) is 0 Å². The monoisotopic (exact) mass is 301 g/mol. The molecule has 7 heteroatoms. The summed E-state index contributed by atoms with van der Waals surface area (Å²) in [6, 6.07) is 0. The molecular formula is C15H19N5O2. The van der Waals surface area contributed by atoms with Crippen LogP contribution >= 0.6 is 0 Å². The van der Waals surface area contributed by atoms with Gasteiger partial charge in [-0.25, -0.2) is 4.98 Å². The average molecular weight is 301 g/mol. The number of aryl methyl sites for hydroxylation is 2. The predicted molar refractivity (Wildman–Crippen MR) is 77.3 cm³/mol. The highest BCUT2D eigenvalue weighted by Crippen LogP contribution is 2.50. The summed E-state index contributed by atoms with van der Waals surface area (Å²) in [5.41, 5.74) is 0.390. The van der Waals surface area contributed by atoms with Gasteiger partial charge in [0.2, 0.25) is 5.89 Å². The quantitative estimate of drug-likeness (QED) is 0.910. The summed E-state index contributed by atoms with van der Waals surface area (Å²) in [7, 11) is 0. The second-order valence-corrected chi connectivity index (χ2v) is 6.46. The molecule has 2 aromatic rings. The fraction of sp³-hybridized carbons (Fsp3) is 0.600. The molecule has 0 bridgehead atoms. The SMILES string of the molecule is Cc1noc([C@]23CCC[C@H]2CN(C(=O)c2cnc(C)[nH]2)C3)n1. The van der Waals surface area contributed by atoms with Crippen LogP contribution in [0.3, 0.4) is 0 Å². The third-order valence-corrected chi connectivity index (χ3v) is 5.04. The molecule has 116 valence electrons. The van der Waals surface area contributed by atoms with Crippen molar-refractivity contribution in [1.29, 1.82) is 0 Å². The van der Waals surface area contributed by atoms with Crippen LogP contribution in [0.2, 0.25) is 0 Å². The number of nitrogens with one attached hydrogen (secondary N) is 1. The molecule has 2 aliphatic rings. The number of nitrogens with zero attached hydrogens (tertiary/aromatic N) is 4. The highest BCUT2D eigenvalue weighted by atomic mass is 16.5. The Morgan fingerprint density at radius 3 is 3.05 bits per heavy atom. The number of likely N-dealkylation sites (tertiary alicyclic amines) is 1. The second kappa shape index (κ2) is 4.66. The first-order chi connectivity index (χ1) is 10.6. The third kappa shape index (κ3) is 1.88. The first-order valence-electron chi connectivity index (χ1n) is 7.70. The molecule has 7 nitrogen and oxygen atoms in total. The Balaban J connectivity index is 1.63. The highest BCUT2D eigenvalue weighted by Gasteiger charge is 2.55. The molecule has 3 heterocycles. The molecule has 4 rings (SSSR count). The summed E-state index contributed by atoms with van der Waals surface area (Å²) < 4.78 is 5.47. The van der Waals surface area contributed by atoms with E-state index >= 15 is 0 Å². The van der Waals surface area contributed by atoms with E-state index in [4.69, 9.17) is 4.52 Å². The van der Waals surface area contributed by atoms with Crippen molar-refractivity contribution in [3.05, 3.63) is 29.4 Å². The van der Waals surface area contributed by atoms with Gasteiger partial charge in [-0.3, -0.25) is 4.79 Å². The van der Waals surface area contributed by atoms with Crippen molar-refractivity contribution in [2.24, 2.45) is 5.92 Å². The fourth-order valence-corrected chi connectivity index (χ4v) is 3.99. The average Bonchev–Trinajstić information content (AvgIpc) is 3.19. The van der Waals surface area contributed by atoms with E-state index in [1.165, 1.54) is 0 Å². The van der Waals surface area contributed by atoms with Crippen molar-refractivity contribution < 1.29 is 9.32 Å². The van der Waals surface area contributed by atoms with Gasteiger partial charge in [-0.15, -0.1) is 0 Å². The minimum atomic E-state index is -0.161. The van der Waals surface area contributed by atoms with Crippen molar-refractivity contribution in [3.8, 4) is 0 Å². The highest BCUT2D eigenvalue weighted by molar-refractivity contribution is 5.92. The summed E-state index contributed by atoms with van der Waals surface area (Å²) in [4.78, 5) is 26.2. The molecule has 1 saturated carbocycles. The summed E-state index contributed by atoms with van der Waals surface area (Å²) in [6.45, 7) is 5.07. The van der Waals surface area contributed by atoms with Gasteiger partial charge in [-0.1, -0.05) is 11.6 Å². The van der Waals surface area contributed by atoms with E-state index in [1.807, 2.05) is 18.7 Å². The summed E-state index contributed by atoms with van der Waals surface area (Å²) in [5, 5.41) is 3.94. The number of H-pyrrole nitrogens is 1. The van der Waals surface area contributed by atoms with Crippen LogP contribution in [-0.2, 0) is 5.41 Å². The standard InChI is InChI=1S/C15H19N5O2/c1-9-16-6-12(17-9)13(21)20-7-11-4-3-5-15(11,8-20)14-18-10(2)19-22-14/h6,11H,3-5,7-8H2,1-2H3,(H,16,17)/t11-,15-/m0/s1. The van der Waals surface area contributed by atoms with E-state index in [1.54, 1.807) is 6.20 Å². The van der Waals surface area contributed by atoms with Gasteiger partial charge in [0.1, 0.15) is 11.5 Å². The number of carbonyl (C=O) groups is 1. The normalized spacial score (nSPS) is 27.4. The number of hydrogen-bond donors (Lipinski definition) is 1. The summed E-state index contributed by atoms with van der Waals surface area (Å²) in [5.74, 6) is 2.52. The summed E-state index contributed by atoms with van der Waals surface area (Å²) >= 11 is 0. The van der Waals surface area contributed by atoms with Crippen molar-refractivity contribution in [2.45, 2.75) is 38.5 Å². The van der Waals surface area contributed by atoms with Crippen molar-refractivity contribution >= 4 is 5.91 Å². The predicted octanol–water partition coefficient (Wildman–Crippen LogP) is 1.60. The molecule has 2 aromatic heterocycles. The molecule has 1 aliphatic heterocycles. The zero-order chi connectivity index (χ0) is 15.3. The molecular weight excluding hydrogens is 282 g/mol. The van der Waals surface area contributed by atoms with Crippen LogP contribution in [0, 0.1) is 19.8 Å². The van der Waals surface area contributed by atoms with Gasteiger partial charge in [0.25, 0.3) is 5.91 Å². The van der Waals surface area contributed by atoms with Gasteiger partial charge < -0.3 is 14.4 Å². The van der Waals surface area contributed by atoms with Gasteiger partial charge in [-0.2, -0.15) is 4.98 Å². The topological polar surface area (TPSA) is 87.9 Å². The minimum absolute atomic E-state index is 0.00520. The van der Waals surface area contributed by atoms with Gasteiger partial charge in [-0.05, 0) is 32.6 Å². The van der Waals surface area contributed by atoms with E-state index in [2.05, 4.69) is 20.1 Å². The van der Waals surface area contributed by atoms with E-state index in [9.17, 15) is 4.79 Å². The van der Waals surface area contributed by atoms with E-state index in [0.29, 0.717) is 29.9 Å². The van der Waals surface area contributed by atoms with Crippen LogP contribution in [0.15, 0.2) is 10.7 Å². The number of aromatic nitrogens is 4. The molecule has 1 saturated heterocycles. The van der Waals surface area contributed by atoms with Crippen molar-refractivity contribution in [1.82, 2.24) is 25.0 Å². The Bertz CT molecular complexity index is 721. The van der Waals surface area contributed by atoms with E-state index in [0.717, 1.165) is 31.6 Å². The van der Waals surface area contributed by atoms with Crippen LogP contribution in [-0.4, -0.2) is 44.0 Å². The first-order valence-corrected chi connectivity index (χ1v) is 7.70. The third-order valence-electron chi connectivity index (χ3n) is 5.04. The molecule has 0 aromatic carbocycles. The van der Waals surface area contributed by atoms with Gasteiger partial charge in [0.05, 0.1) is 11.6 Å². The lowest BCUT2D eigenvalue weighted by atomic mass is 9.80. The molecule has 22 heavy (non-hydrogen) atoms. The minimum Gasteiger partial charge on any atom is -0.339 e. The van der Waals surface area contributed by atoms with Gasteiger partial charge in [0, 0.05) is 13.1 Å². The lowest BCUT2D eigenvalue weighted by molar-refractivity contribution is 0.0769. The summed E-state index contributed by atoms with van der Waals surface area (Å²) in [6.07, 6.45) is 4.87. The first kappa shape index (κ1) is 13.5. The van der Waals surface area contributed by atoms with Gasteiger partial charge in [0.15, 0.2) is 5.82 Å². The number of imidazole rings is 1. The van der Waals surface area contributed by atoms with E-state index < -0.39 is 0 Å². The number of fused-ring (bicyclic) bond motifs is 1. The smallest absolute Gasteiger partial charge is 0.271 e. The molecule has 2 atom stereocenters. The van der Waals surface area contributed by atoms with Crippen LogP contribution in [0.25, 0.3) is 0 Å². The molecule has 1 N–H and O–H groups in total. The van der Waals surface area contributed by atoms with Gasteiger partial charge >= 0.3 is 0 Å². The van der Waals surface area contributed by atoms with Crippen LogP contribution in [0.5, 0.6) is 0 Å². The molecule has 1 aliphatic carbocycles. The van der Waals surface area contributed by atoms with Crippen molar-refractivity contribution in [2.75, 3.05) is 13.1 Å². The maximum atomic E-state index is 12.7.